The van der Waals surface area contributed by atoms with Gasteiger partial charge in [0.05, 0.1) is 81.0 Å². The second-order valence-corrected chi connectivity index (χ2v) is 14.3. The van der Waals surface area contributed by atoms with Gasteiger partial charge in [0.1, 0.15) is 0 Å². The van der Waals surface area contributed by atoms with Crippen LogP contribution in [0.15, 0.2) is 97.3 Å². The molecule has 0 saturated carbocycles. The second-order valence-electron chi connectivity index (χ2n) is 14.3. The summed E-state index contributed by atoms with van der Waals surface area (Å²) in [6.45, 7) is 6.46. The molecule has 4 aliphatic rings. The van der Waals surface area contributed by atoms with Crippen LogP contribution < -0.4 is 15.5 Å². The highest BCUT2D eigenvalue weighted by Crippen LogP contribution is 2.39. The molecule has 0 unspecified atom stereocenters. The Morgan fingerprint density at radius 3 is 1.43 bits per heavy atom. The summed E-state index contributed by atoms with van der Waals surface area (Å²) in [5.41, 5.74) is 9.62. The number of para-hydroxylation sites is 2. The van der Waals surface area contributed by atoms with Crippen molar-refractivity contribution in [3.63, 3.8) is 0 Å². The fraction of sp³-hybridized carbons (Fsp3) is 0.350. The normalized spacial score (nSPS) is 17.1. The van der Waals surface area contributed by atoms with Gasteiger partial charge in [0.2, 0.25) is 0 Å². The number of carbonyl (C=O) groups excluding carboxylic acids is 4. The van der Waals surface area contributed by atoms with Gasteiger partial charge in [-0.2, -0.15) is 0 Å². The van der Waals surface area contributed by atoms with Crippen LogP contribution in [0.2, 0.25) is 0 Å². The van der Waals surface area contributed by atoms with Crippen LogP contribution in [-0.2, 0) is 27.3 Å². The van der Waals surface area contributed by atoms with Crippen molar-refractivity contribution in [2.24, 2.45) is 16.6 Å². The number of Topliss-reactive ketones (excluding diaryl/α,β-unsaturated/α-hetero) is 1. The number of carbonyl (C=O) groups is 4. The average Bonchev–Trinajstić information content (AvgIpc) is 3.14. The number of pyridine rings is 2. The molecular formula is C40H43N7O7. The van der Waals surface area contributed by atoms with Crippen molar-refractivity contribution < 1.29 is 33.4 Å². The zero-order chi connectivity index (χ0) is 37.7. The van der Waals surface area contributed by atoms with Crippen molar-refractivity contribution in [2.75, 3.05) is 76.1 Å². The van der Waals surface area contributed by atoms with E-state index < -0.39 is 5.97 Å². The van der Waals surface area contributed by atoms with Gasteiger partial charge in [-0.3, -0.25) is 24.6 Å². The number of anilines is 2. The first-order valence-corrected chi connectivity index (χ1v) is 17.8. The lowest BCUT2D eigenvalue weighted by molar-refractivity contribution is -0.174. The number of hydrogen-bond donors (Lipinski definition) is 1. The molecular weight excluding hydrogens is 690 g/mol. The largest absolute Gasteiger partial charge is 0.465 e. The zero-order valence-electron chi connectivity index (χ0n) is 30.1. The topological polar surface area (TPSA) is 161 Å². The van der Waals surface area contributed by atoms with E-state index in [1.54, 1.807) is 34.1 Å². The highest BCUT2D eigenvalue weighted by atomic mass is 16.5. The number of ether oxygens (including phenoxy) is 3. The highest BCUT2D eigenvalue weighted by Gasteiger charge is 2.52. The van der Waals surface area contributed by atoms with Gasteiger partial charge in [0.25, 0.3) is 0 Å². The molecule has 0 aliphatic carbocycles. The molecule has 4 aliphatic heterocycles. The van der Waals surface area contributed by atoms with E-state index >= 15 is 0 Å². The van der Waals surface area contributed by atoms with E-state index in [4.69, 9.17) is 19.9 Å². The third-order valence-electron chi connectivity index (χ3n) is 10.1. The first kappa shape index (κ1) is 36.6. The number of nitrogens with two attached hydrogens (primary N) is 1. The highest BCUT2D eigenvalue weighted by molar-refractivity contribution is 5.97. The monoisotopic (exact) mass is 733 g/mol. The number of rotatable bonds is 9. The summed E-state index contributed by atoms with van der Waals surface area (Å²) in [4.78, 5) is 65.2. The first-order valence-electron chi connectivity index (χ1n) is 17.8. The summed E-state index contributed by atoms with van der Waals surface area (Å²) in [5, 5.41) is 0. The third kappa shape index (κ3) is 7.81. The number of ketones is 1. The van der Waals surface area contributed by atoms with Crippen molar-refractivity contribution in [2.45, 2.75) is 13.1 Å². The van der Waals surface area contributed by atoms with Crippen molar-refractivity contribution in [1.82, 2.24) is 19.8 Å². The van der Waals surface area contributed by atoms with Gasteiger partial charge in [-0.25, -0.2) is 14.4 Å². The molecule has 2 aromatic heterocycles. The van der Waals surface area contributed by atoms with Gasteiger partial charge in [0, 0.05) is 55.5 Å². The number of benzene rings is 2. The second kappa shape index (κ2) is 15.7. The minimum atomic E-state index is -0.432. The van der Waals surface area contributed by atoms with Gasteiger partial charge in [-0.1, -0.05) is 36.4 Å². The van der Waals surface area contributed by atoms with Gasteiger partial charge in [0.15, 0.2) is 5.78 Å². The molecule has 4 amide bonds. The van der Waals surface area contributed by atoms with E-state index in [2.05, 4.69) is 9.97 Å². The van der Waals surface area contributed by atoms with Crippen LogP contribution in [0.4, 0.5) is 21.0 Å². The molecule has 2 aromatic carbocycles. The average molecular weight is 734 g/mol. The molecule has 2 spiro atoms. The number of methoxy groups -OCH3 is 1. The summed E-state index contributed by atoms with van der Waals surface area (Å²) < 4.78 is 15.3. The minimum absolute atomic E-state index is 0.0392. The zero-order valence-corrected chi connectivity index (χ0v) is 30.1. The Balaban J connectivity index is 0.000000167. The first-order chi connectivity index (χ1) is 26.2. The SMILES string of the molecule is COC(=O)c1ccc(CN(C(=O)N2CC3(COC3)C2)c2ccccc2)nc1.NCC(=O)c1ccc(CN(C(=O)N2CC3(COC3)C2)c2ccccc2)nc1. The van der Waals surface area contributed by atoms with Gasteiger partial charge in [-0.15, -0.1) is 0 Å². The molecule has 4 aromatic rings. The maximum absolute atomic E-state index is 13.1. The molecule has 8 rings (SSSR count). The molecule has 4 saturated heterocycles. The number of nitrogens with zero attached hydrogens (tertiary/aromatic N) is 6. The quantitative estimate of drug-likeness (QED) is 0.197. The number of hydrogen-bond acceptors (Lipinski definition) is 10. The summed E-state index contributed by atoms with van der Waals surface area (Å²) in [6, 6.07) is 25.9. The van der Waals surface area contributed by atoms with Crippen LogP contribution in [0.1, 0.15) is 32.1 Å². The van der Waals surface area contributed by atoms with Crippen LogP contribution in [0.5, 0.6) is 0 Å². The molecule has 54 heavy (non-hydrogen) atoms. The predicted molar refractivity (Wildman–Crippen MR) is 199 cm³/mol. The fourth-order valence-corrected chi connectivity index (χ4v) is 6.92. The smallest absolute Gasteiger partial charge is 0.339 e. The van der Waals surface area contributed by atoms with Crippen molar-refractivity contribution >= 4 is 35.2 Å². The number of likely N-dealkylation sites (tertiary alicyclic amines) is 2. The molecule has 0 bridgehead atoms. The van der Waals surface area contributed by atoms with E-state index in [1.807, 2.05) is 70.5 Å². The van der Waals surface area contributed by atoms with Crippen LogP contribution in [0.25, 0.3) is 0 Å². The lowest BCUT2D eigenvalue weighted by atomic mass is 9.78. The molecule has 14 nitrogen and oxygen atoms in total. The standard InChI is InChI=1S/C20H22N4O3.C20H21N3O4/c21-8-18(25)15-6-7-16(22-9-15)10-24(17-4-2-1-3-5-17)19(26)23-11-20(12-23)13-27-14-20;1-26-18(24)15-7-8-16(21-9-15)10-23(17-5-3-2-4-6-17)19(25)22-11-20(12-22)13-27-14-20/h1-7,9H,8,10-14,21H2;2-9H,10-14H2,1H3. The van der Waals surface area contributed by atoms with Gasteiger partial charge >= 0.3 is 18.0 Å². The number of amides is 4. The van der Waals surface area contributed by atoms with Crippen LogP contribution >= 0.6 is 0 Å². The van der Waals surface area contributed by atoms with E-state index in [0.717, 1.165) is 64.0 Å². The number of aromatic nitrogens is 2. The molecule has 4 fully saturated rings. The van der Waals surface area contributed by atoms with Crippen molar-refractivity contribution in [3.8, 4) is 0 Å². The Bertz CT molecular complexity index is 1800. The van der Waals surface area contributed by atoms with E-state index in [9.17, 15) is 19.2 Å². The van der Waals surface area contributed by atoms with E-state index in [0.29, 0.717) is 35.6 Å². The molecule has 6 heterocycles. The maximum Gasteiger partial charge on any atom is 0.339 e. The Hall–Kier alpha value is -5.70. The van der Waals surface area contributed by atoms with Crippen LogP contribution in [0.3, 0.4) is 0 Å². The van der Waals surface area contributed by atoms with E-state index in [-0.39, 0.29) is 35.2 Å². The Labute approximate surface area is 313 Å². The lowest BCUT2D eigenvalue weighted by Gasteiger charge is -2.55. The summed E-state index contributed by atoms with van der Waals surface area (Å²) in [7, 11) is 1.33. The molecule has 0 radical (unpaired) electrons. The number of urea groups is 2. The molecule has 14 heteroatoms. The Kier molecular flexibility index (Phi) is 10.7. The lowest BCUT2D eigenvalue weighted by Crippen LogP contribution is -2.68. The Morgan fingerprint density at radius 2 is 1.09 bits per heavy atom. The van der Waals surface area contributed by atoms with Crippen molar-refractivity contribution in [3.05, 3.63) is 120 Å². The van der Waals surface area contributed by atoms with Crippen LogP contribution in [-0.4, -0.2) is 110 Å². The molecule has 280 valence electrons. The molecule has 2 N–H and O–H groups in total. The molecule has 0 atom stereocenters. The predicted octanol–water partition coefficient (Wildman–Crippen LogP) is 4.01. The van der Waals surface area contributed by atoms with Crippen LogP contribution in [0, 0.1) is 10.8 Å². The van der Waals surface area contributed by atoms with Gasteiger partial charge < -0.3 is 29.7 Å². The Morgan fingerprint density at radius 1 is 0.667 bits per heavy atom. The van der Waals surface area contributed by atoms with E-state index in [1.165, 1.54) is 19.5 Å². The fourth-order valence-electron chi connectivity index (χ4n) is 6.92. The summed E-state index contributed by atoms with van der Waals surface area (Å²) in [6.07, 6.45) is 2.99. The van der Waals surface area contributed by atoms with Crippen molar-refractivity contribution in [1.29, 1.82) is 0 Å². The summed E-state index contributed by atoms with van der Waals surface area (Å²) in [5.74, 6) is -0.586. The summed E-state index contributed by atoms with van der Waals surface area (Å²) >= 11 is 0. The maximum atomic E-state index is 13.1. The third-order valence-corrected chi connectivity index (χ3v) is 10.1. The van der Waals surface area contributed by atoms with Gasteiger partial charge in [-0.05, 0) is 48.5 Å². The minimum Gasteiger partial charge on any atom is -0.465 e. The number of esters is 1.